The van der Waals surface area contributed by atoms with Crippen LogP contribution in [0.4, 0.5) is 0 Å². The van der Waals surface area contributed by atoms with Gasteiger partial charge in [0.15, 0.2) is 16.9 Å². The molecule has 1 aliphatic rings. The largest absolute Gasteiger partial charge is 0.337 e. The molecule has 0 bridgehead atoms. The number of rotatable bonds is 5. The average molecular weight is 341 g/mol. The fourth-order valence-corrected chi connectivity index (χ4v) is 2.74. The second-order valence-electron chi connectivity index (χ2n) is 5.17. The zero-order valence-corrected chi connectivity index (χ0v) is 13.7. The van der Waals surface area contributed by atoms with Crippen LogP contribution < -0.4 is 10.8 Å². The van der Waals surface area contributed by atoms with Crippen molar-refractivity contribution in [2.24, 2.45) is 0 Å². The molecule has 3 rings (SSSR count). The Balaban J connectivity index is 1.56. The van der Waals surface area contributed by atoms with Gasteiger partial charge in [-0.15, -0.1) is 11.3 Å². The Kier molecular flexibility index (Phi) is 5.01. The molecule has 24 heavy (non-hydrogen) atoms. The van der Waals surface area contributed by atoms with Crippen molar-refractivity contribution >= 4 is 23.0 Å². The lowest BCUT2D eigenvalue weighted by Crippen LogP contribution is -2.63. The highest BCUT2D eigenvalue weighted by atomic mass is 32.1. The Hall–Kier alpha value is -2.53. The molecular weight excluding hydrogens is 326 g/mol. The van der Waals surface area contributed by atoms with E-state index in [4.69, 9.17) is 4.84 Å². The zero-order chi connectivity index (χ0) is 16.9. The Morgan fingerprint density at radius 3 is 3.00 bits per heavy atom. The molecule has 0 saturated carbocycles. The first-order valence-electron chi connectivity index (χ1n) is 7.34. The van der Waals surface area contributed by atoms with E-state index in [1.807, 2.05) is 23.6 Å². The number of ketones is 1. The van der Waals surface area contributed by atoms with E-state index in [0.29, 0.717) is 17.1 Å². The van der Waals surface area contributed by atoms with E-state index in [2.05, 4.69) is 27.6 Å². The topological polar surface area (TPSA) is 80.3 Å². The molecule has 0 radical (unpaired) electrons. The standard InChI is InChI=1S/C17H15N3O3S/c1-11(21)13-5-3-2-4-12(13)10-19-23-16-14(20-17(16)22)6-7-15-18-8-9-24-15/h2-5,8-9,14,16,19H,10H2,1H3,(H,20,22). The molecule has 1 fully saturated rings. The SMILES string of the molecule is CC(=O)c1ccccc1CNOC1C(=O)NC1C#Cc1nccs1. The van der Waals surface area contributed by atoms with E-state index in [9.17, 15) is 9.59 Å². The fraction of sp³-hybridized carbons (Fsp3) is 0.235. The van der Waals surface area contributed by atoms with Gasteiger partial charge in [-0.25, -0.2) is 4.98 Å². The Bertz CT molecular complexity index is 808. The number of hydrogen-bond acceptors (Lipinski definition) is 6. The number of hydroxylamine groups is 1. The van der Waals surface area contributed by atoms with Gasteiger partial charge in [-0.2, -0.15) is 5.48 Å². The third-order valence-electron chi connectivity index (χ3n) is 3.50. The van der Waals surface area contributed by atoms with Gasteiger partial charge in [0.25, 0.3) is 5.91 Å². The summed E-state index contributed by atoms with van der Waals surface area (Å²) in [6.45, 7) is 1.84. The molecule has 7 heteroatoms. The van der Waals surface area contributed by atoms with Crippen molar-refractivity contribution in [3.63, 3.8) is 0 Å². The predicted octanol–water partition coefficient (Wildman–Crippen LogP) is 1.29. The van der Waals surface area contributed by atoms with E-state index in [1.165, 1.54) is 18.3 Å². The molecule has 0 aliphatic carbocycles. The monoisotopic (exact) mass is 341 g/mol. The first kappa shape index (κ1) is 16.3. The molecule has 1 saturated heterocycles. The molecule has 1 amide bonds. The van der Waals surface area contributed by atoms with E-state index in [-0.39, 0.29) is 17.7 Å². The van der Waals surface area contributed by atoms with Gasteiger partial charge in [-0.3, -0.25) is 14.4 Å². The Morgan fingerprint density at radius 2 is 2.29 bits per heavy atom. The number of β-lactam (4-membered cyclic amide) rings is 1. The number of aromatic nitrogens is 1. The number of Topliss-reactive ketones (excluding diaryl/α,β-unsaturated/α-hetero) is 1. The molecule has 1 aliphatic heterocycles. The van der Waals surface area contributed by atoms with Gasteiger partial charge in [0, 0.05) is 23.7 Å². The summed E-state index contributed by atoms with van der Waals surface area (Å²) in [6.07, 6.45) is 0.998. The highest BCUT2D eigenvalue weighted by Crippen LogP contribution is 2.12. The van der Waals surface area contributed by atoms with E-state index in [1.54, 1.807) is 12.3 Å². The average Bonchev–Trinajstić information content (AvgIpc) is 3.09. The molecule has 1 aromatic carbocycles. The van der Waals surface area contributed by atoms with Gasteiger partial charge in [0.05, 0.1) is 0 Å². The Morgan fingerprint density at radius 1 is 1.46 bits per heavy atom. The molecule has 2 aromatic rings. The van der Waals surface area contributed by atoms with Crippen LogP contribution in [-0.2, 0) is 16.2 Å². The number of amides is 1. The highest BCUT2D eigenvalue weighted by molar-refractivity contribution is 7.10. The van der Waals surface area contributed by atoms with Gasteiger partial charge in [-0.1, -0.05) is 30.2 Å². The summed E-state index contributed by atoms with van der Waals surface area (Å²) in [5.41, 5.74) is 4.20. The van der Waals surface area contributed by atoms with E-state index < -0.39 is 6.10 Å². The smallest absolute Gasteiger partial charge is 0.255 e. The van der Waals surface area contributed by atoms with Gasteiger partial charge in [0.2, 0.25) is 0 Å². The quantitative estimate of drug-likeness (QED) is 0.371. The van der Waals surface area contributed by atoms with Crippen LogP contribution in [0.15, 0.2) is 35.8 Å². The molecular formula is C17H15N3O3S. The highest BCUT2D eigenvalue weighted by Gasteiger charge is 2.39. The van der Waals surface area contributed by atoms with Crippen molar-refractivity contribution in [2.75, 3.05) is 0 Å². The normalized spacial score (nSPS) is 19.0. The lowest BCUT2D eigenvalue weighted by atomic mass is 10.0. The molecule has 2 heterocycles. The van der Waals surface area contributed by atoms with Crippen LogP contribution >= 0.6 is 11.3 Å². The maximum atomic E-state index is 11.6. The van der Waals surface area contributed by atoms with Crippen LogP contribution in [0.25, 0.3) is 0 Å². The number of carbonyl (C=O) groups excluding carboxylic acids is 2. The zero-order valence-electron chi connectivity index (χ0n) is 12.9. The van der Waals surface area contributed by atoms with Crippen LogP contribution in [0.2, 0.25) is 0 Å². The number of carbonyl (C=O) groups is 2. The molecule has 2 unspecified atom stereocenters. The molecule has 2 atom stereocenters. The maximum Gasteiger partial charge on any atom is 0.255 e. The second-order valence-corrected chi connectivity index (χ2v) is 6.06. The third-order valence-corrected chi connectivity index (χ3v) is 4.18. The van der Waals surface area contributed by atoms with Crippen molar-refractivity contribution in [3.05, 3.63) is 52.0 Å². The summed E-state index contributed by atoms with van der Waals surface area (Å²) >= 11 is 1.44. The van der Waals surface area contributed by atoms with Gasteiger partial charge in [-0.05, 0) is 18.4 Å². The van der Waals surface area contributed by atoms with Crippen molar-refractivity contribution in [1.29, 1.82) is 0 Å². The first-order chi connectivity index (χ1) is 11.6. The van der Waals surface area contributed by atoms with Crippen LogP contribution in [0, 0.1) is 11.8 Å². The minimum absolute atomic E-state index is 0.0130. The lowest BCUT2D eigenvalue weighted by molar-refractivity contribution is -0.153. The fourth-order valence-electron chi connectivity index (χ4n) is 2.25. The van der Waals surface area contributed by atoms with E-state index in [0.717, 1.165) is 5.56 Å². The van der Waals surface area contributed by atoms with E-state index >= 15 is 0 Å². The number of thiazole rings is 1. The van der Waals surface area contributed by atoms with Crippen molar-refractivity contribution in [2.45, 2.75) is 25.6 Å². The lowest BCUT2D eigenvalue weighted by Gasteiger charge is -2.32. The molecule has 1 aromatic heterocycles. The van der Waals surface area contributed by atoms with Crippen LogP contribution in [-0.4, -0.2) is 28.8 Å². The van der Waals surface area contributed by atoms with Gasteiger partial charge in [0.1, 0.15) is 6.04 Å². The summed E-state index contributed by atoms with van der Waals surface area (Å²) in [7, 11) is 0. The maximum absolute atomic E-state index is 11.6. The molecule has 2 N–H and O–H groups in total. The summed E-state index contributed by atoms with van der Waals surface area (Å²) in [5, 5.41) is 5.21. The minimum Gasteiger partial charge on any atom is -0.337 e. The molecule has 0 spiro atoms. The number of nitrogens with zero attached hydrogens (tertiary/aromatic N) is 1. The van der Waals surface area contributed by atoms with Gasteiger partial charge >= 0.3 is 0 Å². The first-order valence-corrected chi connectivity index (χ1v) is 8.22. The molecule has 122 valence electrons. The van der Waals surface area contributed by atoms with Gasteiger partial charge < -0.3 is 5.32 Å². The van der Waals surface area contributed by atoms with Crippen molar-refractivity contribution < 1.29 is 14.4 Å². The minimum atomic E-state index is -0.679. The third kappa shape index (κ3) is 3.68. The second kappa shape index (κ2) is 7.36. The van der Waals surface area contributed by atoms with Crippen molar-refractivity contribution in [3.8, 4) is 11.8 Å². The predicted molar refractivity (Wildman–Crippen MR) is 89.1 cm³/mol. The van der Waals surface area contributed by atoms with Crippen LogP contribution in [0.3, 0.4) is 0 Å². The summed E-state index contributed by atoms with van der Waals surface area (Å²) in [5.74, 6) is 5.59. The Labute approximate surface area is 143 Å². The summed E-state index contributed by atoms with van der Waals surface area (Å²) in [4.78, 5) is 32.7. The van der Waals surface area contributed by atoms with Crippen LogP contribution in [0.1, 0.15) is 27.9 Å². The number of hydrogen-bond donors (Lipinski definition) is 2. The summed E-state index contributed by atoms with van der Waals surface area (Å²) in [6, 6.07) is 6.88. The summed E-state index contributed by atoms with van der Waals surface area (Å²) < 4.78 is 0. The van der Waals surface area contributed by atoms with Crippen molar-refractivity contribution in [1.82, 2.24) is 15.8 Å². The van der Waals surface area contributed by atoms with Crippen LogP contribution in [0.5, 0.6) is 0 Å². The molecule has 6 nitrogen and oxygen atoms in total. The number of benzene rings is 1. The number of nitrogens with one attached hydrogen (secondary N) is 2.